The summed E-state index contributed by atoms with van der Waals surface area (Å²) in [5.41, 5.74) is 1.68. The lowest BCUT2D eigenvalue weighted by atomic mass is 9.96. The van der Waals surface area contributed by atoms with E-state index in [0.29, 0.717) is 47.1 Å². The molecule has 1 amide bonds. The van der Waals surface area contributed by atoms with Crippen molar-refractivity contribution in [3.8, 4) is 11.4 Å². The second kappa shape index (κ2) is 8.80. The van der Waals surface area contributed by atoms with E-state index in [-0.39, 0.29) is 11.8 Å². The molecule has 1 fully saturated rings. The van der Waals surface area contributed by atoms with E-state index in [1.54, 1.807) is 30.6 Å². The molecule has 0 saturated carbocycles. The highest BCUT2D eigenvalue weighted by Gasteiger charge is 2.27. The fourth-order valence-corrected chi connectivity index (χ4v) is 3.84. The number of anilines is 1. The van der Waals surface area contributed by atoms with Crippen molar-refractivity contribution in [1.82, 2.24) is 20.4 Å². The molecule has 0 spiro atoms. The molecule has 1 aromatic carbocycles. The summed E-state index contributed by atoms with van der Waals surface area (Å²) in [6.45, 7) is 1.83. The zero-order valence-electron chi connectivity index (χ0n) is 15.5. The molecule has 9 heteroatoms. The van der Waals surface area contributed by atoms with Gasteiger partial charge in [0.1, 0.15) is 0 Å². The minimum atomic E-state index is -0.0305. The van der Waals surface area contributed by atoms with Crippen LogP contribution in [0.1, 0.15) is 18.4 Å². The lowest BCUT2D eigenvalue weighted by molar-refractivity contribution is -0.125. The summed E-state index contributed by atoms with van der Waals surface area (Å²) in [4.78, 5) is 22.9. The number of nitrogens with zero attached hydrogens (tertiary/aromatic N) is 4. The monoisotopic (exact) mass is 431 g/mol. The molecule has 0 unspecified atom stereocenters. The molecule has 3 heterocycles. The van der Waals surface area contributed by atoms with Crippen molar-refractivity contribution in [2.45, 2.75) is 19.4 Å². The van der Waals surface area contributed by atoms with E-state index >= 15 is 0 Å². The lowest BCUT2D eigenvalue weighted by Crippen LogP contribution is -2.40. The Morgan fingerprint density at radius 3 is 2.66 bits per heavy atom. The van der Waals surface area contributed by atoms with Gasteiger partial charge in [0.25, 0.3) is 0 Å². The summed E-state index contributed by atoms with van der Waals surface area (Å²) in [5.74, 6) is 0.464. The van der Waals surface area contributed by atoms with Crippen LogP contribution >= 0.6 is 23.2 Å². The third-order valence-corrected chi connectivity index (χ3v) is 5.30. The Bertz CT molecular complexity index is 967. The molecule has 1 saturated heterocycles. The van der Waals surface area contributed by atoms with Gasteiger partial charge in [-0.1, -0.05) is 34.4 Å². The second-order valence-corrected chi connectivity index (χ2v) is 7.77. The average molecular weight is 432 g/mol. The van der Waals surface area contributed by atoms with Gasteiger partial charge in [-0.15, -0.1) is 0 Å². The molecule has 2 aromatic heterocycles. The third kappa shape index (κ3) is 4.86. The zero-order valence-corrected chi connectivity index (χ0v) is 17.0. The minimum Gasteiger partial charge on any atom is -0.352 e. The maximum Gasteiger partial charge on any atom is 0.324 e. The first-order valence-electron chi connectivity index (χ1n) is 9.30. The number of carbonyl (C=O) groups is 1. The molecule has 29 heavy (non-hydrogen) atoms. The maximum atomic E-state index is 12.4. The normalized spacial score (nSPS) is 14.8. The molecule has 0 aliphatic carbocycles. The van der Waals surface area contributed by atoms with Crippen LogP contribution in [0.3, 0.4) is 0 Å². The first-order chi connectivity index (χ1) is 14.1. The number of hydrogen-bond donors (Lipinski definition) is 1. The van der Waals surface area contributed by atoms with Crippen molar-refractivity contribution in [2.24, 2.45) is 5.92 Å². The van der Waals surface area contributed by atoms with Crippen molar-refractivity contribution in [3.05, 3.63) is 58.3 Å². The van der Waals surface area contributed by atoms with Gasteiger partial charge in [0.2, 0.25) is 11.7 Å². The largest absolute Gasteiger partial charge is 0.352 e. The zero-order chi connectivity index (χ0) is 20.2. The van der Waals surface area contributed by atoms with E-state index in [0.717, 1.165) is 18.4 Å². The highest BCUT2D eigenvalue weighted by molar-refractivity contribution is 6.35. The standard InChI is InChI=1S/C20H19Cl2N5O2/c21-16-8-15(9-17(22)10-16)18-25-20(29-26-18)27-6-3-14(4-7-27)19(28)24-12-13-2-1-5-23-11-13/h1-2,5,8-11,14H,3-4,6-7,12H2,(H,24,28). The van der Waals surface area contributed by atoms with Crippen LogP contribution in [-0.2, 0) is 11.3 Å². The van der Waals surface area contributed by atoms with Crippen LogP contribution in [0.2, 0.25) is 10.0 Å². The summed E-state index contributed by atoms with van der Waals surface area (Å²) in [6.07, 6.45) is 4.91. The van der Waals surface area contributed by atoms with Crippen LogP contribution in [0.5, 0.6) is 0 Å². The Hall–Kier alpha value is -2.64. The van der Waals surface area contributed by atoms with Crippen molar-refractivity contribution < 1.29 is 9.32 Å². The van der Waals surface area contributed by atoms with Crippen LogP contribution in [0.15, 0.2) is 47.2 Å². The van der Waals surface area contributed by atoms with Crippen molar-refractivity contribution in [3.63, 3.8) is 0 Å². The smallest absolute Gasteiger partial charge is 0.324 e. The van der Waals surface area contributed by atoms with Crippen LogP contribution in [0, 0.1) is 5.92 Å². The molecule has 7 nitrogen and oxygen atoms in total. The highest BCUT2D eigenvalue weighted by atomic mass is 35.5. The Labute approximate surface area is 178 Å². The van der Waals surface area contributed by atoms with Gasteiger partial charge in [-0.3, -0.25) is 9.78 Å². The number of pyridine rings is 1. The van der Waals surface area contributed by atoms with E-state index < -0.39 is 0 Å². The van der Waals surface area contributed by atoms with Gasteiger partial charge in [0.15, 0.2) is 0 Å². The number of rotatable bonds is 5. The number of halogens is 2. The topological polar surface area (TPSA) is 84.2 Å². The number of piperidine rings is 1. The molecule has 4 rings (SSSR count). The second-order valence-electron chi connectivity index (χ2n) is 6.90. The maximum absolute atomic E-state index is 12.4. The van der Waals surface area contributed by atoms with Gasteiger partial charge in [0.05, 0.1) is 0 Å². The highest BCUT2D eigenvalue weighted by Crippen LogP contribution is 2.28. The molecule has 1 N–H and O–H groups in total. The fourth-order valence-electron chi connectivity index (χ4n) is 3.31. The number of nitrogens with one attached hydrogen (secondary N) is 1. The van der Waals surface area contributed by atoms with Crippen LogP contribution < -0.4 is 10.2 Å². The van der Waals surface area contributed by atoms with Gasteiger partial charge in [-0.2, -0.15) is 4.98 Å². The fraction of sp³-hybridized carbons (Fsp3) is 0.300. The molecule has 0 bridgehead atoms. The molecule has 1 aliphatic rings. The van der Waals surface area contributed by atoms with E-state index in [9.17, 15) is 4.79 Å². The Balaban J connectivity index is 1.33. The van der Waals surface area contributed by atoms with Crippen LogP contribution in [0.4, 0.5) is 6.01 Å². The van der Waals surface area contributed by atoms with Gasteiger partial charge in [-0.25, -0.2) is 0 Å². The minimum absolute atomic E-state index is 0.0305. The van der Waals surface area contributed by atoms with Gasteiger partial charge in [-0.05, 0) is 42.7 Å². The quantitative estimate of drug-likeness (QED) is 0.657. The van der Waals surface area contributed by atoms with Gasteiger partial charge >= 0.3 is 6.01 Å². The molecule has 150 valence electrons. The number of hydrogen-bond acceptors (Lipinski definition) is 6. The molecule has 1 aliphatic heterocycles. The molecular weight excluding hydrogens is 413 g/mol. The Morgan fingerprint density at radius 2 is 1.97 bits per heavy atom. The summed E-state index contributed by atoms with van der Waals surface area (Å²) >= 11 is 12.1. The summed E-state index contributed by atoms with van der Waals surface area (Å²) in [5, 5.41) is 8.04. The van der Waals surface area contributed by atoms with Crippen LogP contribution in [-0.4, -0.2) is 34.1 Å². The predicted molar refractivity (Wildman–Crippen MR) is 111 cm³/mol. The summed E-state index contributed by atoms with van der Waals surface area (Å²) in [6, 6.07) is 9.36. The van der Waals surface area contributed by atoms with Gasteiger partial charge in [0, 0.05) is 53.6 Å². The molecular formula is C20H19Cl2N5O2. The van der Waals surface area contributed by atoms with E-state index in [4.69, 9.17) is 27.7 Å². The van der Waals surface area contributed by atoms with Crippen molar-refractivity contribution in [1.29, 1.82) is 0 Å². The molecule has 0 radical (unpaired) electrons. The molecule has 0 atom stereocenters. The van der Waals surface area contributed by atoms with E-state index in [2.05, 4.69) is 20.4 Å². The lowest BCUT2D eigenvalue weighted by Gasteiger charge is -2.29. The average Bonchev–Trinajstić information content (AvgIpc) is 3.23. The summed E-state index contributed by atoms with van der Waals surface area (Å²) < 4.78 is 5.41. The van der Waals surface area contributed by atoms with E-state index in [1.165, 1.54) is 0 Å². The third-order valence-electron chi connectivity index (χ3n) is 4.86. The SMILES string of the molecule is O=C(NCc1cccnc1)C1CCN(c2nc(-c3cc(Cl)cc(Cl)c3)no2)CC1. The number of carbonyl (C=O) groups excluding carboxylic acids is 1. The number of amides is 1. The van der Waals surface area contributed by atoms with Crippen LogP contribution in [0.25, 0.3) is 11.4 Å². The number of aromatic nitrogens is 3. The van der Waals surface area contributed by atoms with Crippen molar-refractivity contribution in [2.75, 3.05) is 18.0 Å². The van der Waals surface area contributed by atoms with Gasteiger partial charge < -0.3 is 14.7 Å². The molecule has 3 aromatic rings. The first-order valence-corrected chi connectivity index (χ1v) is 10.1. The van der Waals surface area contributed by atoms with Crippen molar-refractivity contribution >= 4 is 35.1 Å². The van der Waals surface area contributed by atoms with E-state index in [1.807, 2.05) is 17.0 Å². The Kier molecular flexibility index (Phi) is 5.97. The number of benzene rings is 1. The Morgan fingerprint density at radius 1 is 1.21 bits per heavy atom. The summed E-state index contributed by atoms with van der Waals surface area (Å²) in [7, 11) is 0. The predicted octanol–water partition coefficient (Wildman–Crippen LogP) is 3.97. The first kappa shape index (κ1) is 19.7.